The molecular weight excluding hydrogens is 334 g/mol. The van der Waals surface area contributed by atoms with Crippen LogP contribution in [-0.2, 0) is 5.33 Å². The molecule has 1 saturated heterocycles. The minimum absolute atomic E-state index is 0.664. The van der Waals surface area contributed by atoms with E-state index >= 15 is 0 Å². The smallest absolute Gasteiger partial charge is 0.0642 e. The van der Waals surface area contributed by atoms with Crippen LogP contribution in [0.15, 0.2) is 18.2 Å². The van der Waals surface area contributed by atoms with Gasteiger partial charge in [0.2, 0.25) is 0 Å². The van der Waals surface area contributed by atoms with Crippen molar-refractivity contribution in [1.82, 2.24) is 0 Å². The first-order valence-electron chi connectivity index (χ1n) is 7.82. The third-order valence-electron chi connectivity index (χ3n) is 5.25. The number of hydrogen-bond donors (Lipinski definition) is 0. The molecule has 0 N–H and O–H groups in total. The highest BCUT2D eigenvalue weighted by Gasteiger charge is 2.35. The Morgan fingerprint density at radius 3 is 2.35 bits per heavy atom. The van der Waals surface area contributed by atoms with E-state index in [-0.39, 0.29) is 0 Å². The predicted molar refractivity (Wildman–Crippen MR) is 91.0 cm³/mol. The third kappa shape index (κ3) is 3.01. The maximum Gasteiger partial charge on any atom is 0.0642 e. The van der Waals surface area contributed by atoms with Crippen LogP contribution < -0.4 is 4.90 Å². The largest absolute Gasteiger partial charge is 0.370 e. The number of alkyl halides is 1. The lowest BCUT2D eigenvalue weighted by molar-refractivity contribution is 0.144. The van der Waals surface area contributed by atoms with Gasteiger partial charge in [-0.3, -0.25) is 0 Å². The van der Waals surface area contributed by atoms with Gasteiger partial charge in [0.1, 0.15) is 0 Å². The fraction of sp³-hybridized carbons (Fsp3) is 0.647. The summed E-state index contributed by atoms with van der Waals surface area (Å²) < 4.78 is 0. The lowest BCUT2D eigenvalue weighted by Gasteiger charge is -2.45. The number of piperidine rings is 1. The van der Waals surface area contributed by atoms with Crippen LogP contribution in [0.1, 0.15) is 50.5 Å². The first-order chi connectivity index (χ1) is 9.72. The van der Waals surface area contributed by atoms with Gasteiger partial charge < -0.3 is 4.90 Å². The van der Waals surface area contributed by atoms with Crippen molar-refractivity contribution in [3.63, 3.8) is 0 Å². The van der Waals surface area contributed by atoms with Gasteiger partial charge in [-0.2, -0.15) is 0 Å². The van der Waals surface area contributed by atoms with Crippen molar-refractivity contribution in [2.75, 3.05) is 18.0 Å². The van der Waals surface area contributed by atoms with Crippen LogP contribution in [0.5, 0.6) is 0 Å². The molecule has 0 unspecified atom stereocenters. The average molecular weight is 357 g/mol. The Kier molecular flexibility index (Phi) is 4.62. The zero-order valence-corrected chi connectivity index (χ0v) is 14.3. The maximum absolute atomic E-state index is 6.46. The van der Waals surface area contributed by atoms with E-state index in [1.807, 2.05) is 0 Å². The number of hydrogen-bond acceptors (Lipinski definition) is 1. The quantitative estimate of drug-likeness (QED) is 0.607. The molecule has 0 atom stereocenters. The van der Waals surface area contributed by atoms with Gasteiger partial charge in [-0.05, 0) is 48.8 Å². The van der Waals surface area contributed by atoms with Gasteiger partial charge in [0.25, 0.3) is 0 Å². The van der Waals surface area contributed by atoms with Gasteiger partial charge in [0, 0.05) is 18.4 Å². The summed E-state index contributed by atoms with van der Waals surface area (Å²) in [7, 11) is 0. The lowest BCUT2D eigenvalue weighted by atomic mass is 9.68. The second-order valence-electron chi connectivity index (χ2n) is 6.47. The summed E-state index contributed by atoms with van der Waals surface area (Å²) in [5.74, 6) is 0. The molecule has 1 aromatic rings. The molecule has 0 amide bonds. The first-order valence-corrected chi connectivity index (χ1v) is 9.32. The second kappa shape index (κ2) is 6.27. The second-order valence-corrected chi connectivity index (χ2v) is 7.44. The van der Waals surface area contributed by atoms with Gasteiger partial charge in [-0.1, -0.05) is 52.9 Å². The Labute approximate surface area is 135 Å². The highest BCUT2D eigenvalue weighted by Crippen LogP contribution is 2.45. The zero-order valence-electron chi connectivity index (χ0n) is 12.0. The van der Waals surface area contributed by atoms with E-state index in [0.717, 1.165) is 10.4 Å². The number of benzene rings is 1. The van der Waals surface area contributed by atoms with Gasteiger partial charge in [-0.15, -0.1) is 0 Å². The van der Waals surface area contributed by atoms with Crippen LogP contribution in [0.2, 0.25) is 5.02 Å². The number of nitrogens with zero attached hydrogens (tertiary/aromatic N) is 1. The molecule has 3 heteroatoms. The van der Waals surface area contributed by atoms with Crippen molar-refractivity contribution in [2.45, 2.75) is 50.3 Å². The molecule has 2 aliphatic rings. The van der Waals surface area contributed by atoms with Crippen molar-refractivity contribution in [3.8, 4) is 0 Å². The van der Waals surface area contributed by atoms with Gasteiger partial charge in [-0.25, -0.2) is 0 Å². The molecule has 1 saturated carbocycles. The molecule has 110 valence electrons. The van der Waals surface area contributed by atoms with E-state index in [4.69, 9.17) is 11.6 Å². The molecule has 20 heavy (non-hydrogen) atoms. The summed E-state index contributed by atoms with van der Waals surface area (Å²) in [6.07, 6.45) is 9.95. The van der Waals surface area contributed by atoms with Gasteiger partial charge in [0.05, 0.1) is 10.7 Å². The van der Waals surface area contributed by atoms with Crippen LogP contribution in [0.4, 0.5) is 5.69 Å². The minimum Gasteiger partial charge on any atom is -0.370 e. The van der Waals surface area contributed by atoms with Crippen LogP contribution in [0.25, 0.3) is 0 Å². The molecule has 1 spiro atoms. The topological polar surface area (TPSA) is 3.24 Å². The molecule has 1 heterocycles. The van der Waals surface area contributed by atoms with E-state index < -0.39 is 0 Å². The SMILES string of the molecule is Clc1cc(CBr)ccc1N1CCC2(CCCCC2)CC1. The third-order valence-corrected chi connectivity index (χ3v) is 6.20. The predicted octanol–water partition coefficient (Wildman–Crippen LogP) is 5.79. The molecular formula is C17H23BrClN. The normalized spacial score (nSPS) is 22.2. The molecule has 0 bridgehead atoms. The van der Waals surface area contributed by atoms with Crippen LogP contribution in [0, 0.1) is 5.41 Å². The summed E-state index contributed by atoms with van der Waals surface area (Å²) in [5, 5.41) is 1.78. The number of anilines is 1. The molecule has 1 nitrogen and oxygen atoms in total. The van der Waals surface area contributed by atoms with Crippen LogP contribution >= 0.6 is 27.5 Å². The fourth-order valence-corrected chi connectivity index (χ4v) is 4.59. The van der Waals surface area contributed by atoms with Gasteiger partial charge in [0.15, 0.2) is 0 Å². The van der Waals surface area contributed by atoms with E-state index in [1.165, 1.54) is 69.3 Å². The molecule has 3 rings (SSSR count). The van der Waals surface area contributed by atoms with Crippen LogP contribution in [0.3, 0.4) is 0 Å². The molecule has 1 aliphatic heterocycles. The van der Waals surface area contributed by atoms with E-state index in [2.05, 4.69) is 39.0 Å². The highest BCUT2D eigenvalue weighted by atomic mass is 79.9. The van der Waals surface area contributed by atoms with Crippen molar-refractivity contribution < 1.29 is 0 Å². The maximum atomic E-state index is 6.46. The molecule has 0 radical (unpaired) electrons. The number of halogens is 2. The Morgan fingerprint density at radius 1 is 1.05 bits per heavy atom. The summed E-state index contributed by atoms with van der Waals surface area (Å²) in [6, 6.07) is 6.47. The fourth-order valence-electron chi connectivity index (χ4n) is 3.91. The van der Waals surface area contributed by atoms with E-state index in [9.17, 15) is 0 Å². The Hall–Kier alpha value is -0.210. The van der Waals surface area contributed by atoms with E-state index in [1.54, 1.807) is 0 Å². The molecule has 2 fully saturated rings. The van der Waals surface area contributed by atoms with Gasteiger partial charge >= 0.3 is 0 Å². The Balaban J connectivity index is 1.68. The van der Waals surface area contributed by atoms with Crippen molar-refractivity contribution in [3.05, 3.63) is 28.8 Å². The van der Waals surface area contributed by atoms with Crippen molar-refractivity contribution in [1.29, 1.82) is 0 Å². The van der Waals surface area contributed by atoms with Crippen molar-refractivity contribution in [2.24, 2.45) is 5.41 Å². The van der Waals surface area contributed by atoms with Crippen LogP contribution in [-0.4, -0.2) is 13.1 Å². The monoisotopic (exact) mass is 355 g/mol. The van der Waals surface area contributed by atoms with Crippen molar-refractivity contribution >= 4 is 33.2 Å². The first kappa shape index (κ1) is 14.7. The summed E-state index contributed by atoms with van der Waals surface area (Å²) >= 11 is 9.94. The molecule has 0 aromatic heterocycles. The summed E-state index contributed by atoms with van der Waals surface area (Å²) in [5.41, 5.74) is 3.14. The van der Waals surface area contributed by atoms with E-state index in [0.29, 0.717) is 5.41 Å². The molecule has 1 aromatic carbocycles. The standard InChI is InChI=1S/C17H23BrClN/c18-13-14-4-5-16(15(19)12-14)20-10-8-17(9-11-20)6-2-1-3-7-17/h4-5,12H,1-3,6-11,13H2. The summed E-state index contributed by atoms with van der Waals surface area (Å²) in [4.78, 5) is 2.49. The number of rotatable bonds is 2. The highest BCUT2D eigenvalue weighted by molar-refractivity contribution is 9.08. The Morgan fingerprint density at radius 2 is 1.75 bits per heavy atom. The Bertz CT molecular complexity index is 458. The summed E-state index contributed by atoms with van der Waals surface area (Å²) in [6.45, 7) is 2.35. The zero-order chi connectivity index (χ0) is 14.0. The minimum atomic E-state index is 0.664. The lowest BCUT2D eigenvalue weighted by Crippen LogP contribution is -2.41. The average Bonchev–Trinajstić information content (AvgIpc) is 2.49. The molecule has 1 aliphatic carbocycles.